The number of aliphatic hydroxyl groups is 1. The lowest BCUT2D eigenvalue weighted by Crippen LogP contribution is -2.50. The summed E-state index contributed by atoms with van der Waals surface area (Å²) in [5.41, 5.74) is 1.05. The first-order valence-corrected chi connectivity index (χ1v) is 9.63. The summed E-state index contributed by atoms with van der Waals surface area (Å²) in [7, 11) is 0. The summed E-state index contributed by atoms with van der Waals surface area (Å²) in [5.74, 6) is -0.797. The quantitative estimate of drug-likeness (QED) is 0.812. The highest BCUT2D eigenvalue weighted by Gasteiger charge is 2.41. The molecule has 1 saturated heterocycles. The van der Waals surface area contributed by atoms with Gasteiger partial charge in [0.25, 0.3) is 17.7 Å². The highest BCUT2D eigenvalue weighted by molar-refractivity contribution is 6.22. The van der Waals surface area contributed by atoms with Gasteiger partial charge in [-0.15, -0.1) is 0 Å². The summed E-state index contributed by atoms with van der Waals surface area (Å²) in [6.45, 7) is 0.923. The van der Waals surface area contributed by atoms with Crippen molar-refractivity contribution in [2.75, 3.05) is 26.4 Å². The van der Waals surface area contributed by atoms with E-state index in [4.69, 9.17) is 4.74 Å². The van der Waals surface area contributed by atoms with Gasteiger partial charge in [0, 0.05) is 18.2 Å². The van der Waals surface area contributed by atoms with Crippen molar-refractivity contribution in [3.63, 3.8) is 0 Å². The van der Waals surface area contributed by atoms with E-state index in [0.29, 0.717) is 36.4 Å². The average Bonchev–Trinajstić information content (AvgIpc) is 2.98. The number of aliphatic hydroxyl groups excluding tert-OH is 1. The van der Waals surface area contributed by atoms with Crippen molar-refractivity contribution in [2.45, 2.75) is 44.2 Å². The summed E-state index contributed by atoms with van der Waals surface area (Å²) in [6, 6.07) is 4.28. The van der Waals surface area contributed by atoms with Gasteiger partial charge >= 0.3 is 0 Å². The molecular formula is C20H24N2O5. The number of fused-ring (bicyclic) bond motifs is 1. The van der Waals surface area contributed by atoms with E-state index in [2.05, 4.69) is 0 Å². The number of imide groups is 1. The van der Waals surface area contributed by atoms with Crippen molar-refractivity contribution in [2.24, 2.45) is 0 Å². The normalized spacial score (nSPS) is 23.7. The van der Waals surface area contributed by atoms with Crippen LogP contribution in [0, 0.1) is 0 Å². The van der Waals surface area contributed by atoms with E-state index in [1.807, 2.05) is 0 Å². The topological polar surface area (TPSA) is 87.2 Å². The van der Waals surface area contributed by atoms with Crippen LogP contribution in [-0.2, 0) is 4.74 Å². The van der Waals surface area contributed by atoms with Gasteiger partial charge in [0.2, 0.25) is 0 Å². The van der Waals surface area contributed by atoms with Crippen LogP contribution >= 0.6 is 0 Å². The maximum atomic E-state index is 12.9. The zero-order valence-electron chi connectivity index (χ0n) is 15.2. The third-order valence-electron chi connectivity index (χ3n) is 5.80. The summed E-state index contributed by atoms with van der Waals surface area (Å²) in [4.78, 5) is 41.5. The smallest absolute Gasteiger partial charge is 0.261 e. The average molecular weight is 372 g/mol. The van der Waals surface area contributed by atoms with Crippen LogP contribution in [-0.4, -0.2) is 71.1 Å². The van der Waals surface area contributed by atoms with Gasteiger partial charge in [-0.05, 0) is 31.0 Å². The summed E-state index contributed by atoms with van der Waals surface area (Å²) >= 11 is 0. The maximum Gasteiger partial charge on any atom is 0.261 e. The monoisotopic (exact) mass is 372 g/mol. The fourth-order valence-corrected chi connectivity index (χ4v) is 4.30. The zero-order chi connectivity index (χ0) is 19.0. The number of hydrogen-bond acceptors (Lipinski definition) is 5. The Morgan fingerprint density at radius 2 is 1.85 bits per heavy atom. The van der Waals surface area contributed by atoms with Crippen molar-refractivity contribution >= 4 is 17.7 Å². The summed E-state index contributed by atoms with van der Waals surface area (Å²) in [5, 5.41) is 9.49. The molecule has 4 rings (SSSR count). The van der Waals surface area contributed by atoms with Crippen LogP contribution in [0.5, 0.6) is 0 Å². The Morgan fingerprint density at radius 1 is 1.11 bits per heavy atom. The summed E-state index contributed by atoms with van der Waals surface area (Å²) in [6.07, 6.45) is 4.90. The molecule has 0 radical (unpaired) electrons. The van der Waals surface area contributed by atoms with Gasteiger partial charge < -0.3 is 14.7 Å². The Labute approximate surface area is 157 Å². The standard InChI is InChI=1S/C20H24N2O5/c23-11-15-12-27-9-8-21(15)18(24)13-6-7-16-17(10-13)20(26)22(19(16)25)14-4-2-1-3-5-14/h6-7,10,14-15,23H,1-5,8-9,11-12H2. The van der Waals surface area contributed by atoms with Crippen molar-refractivity contribution in [3.8, 4) is 0 Å². The van der Waals surface area contributed by atoms with Crippen LogP contribution < -0.4 is 0 Å². The Balaban J connectivity index is 1.60. The largest absolute Gasteiger partial charge is 0.394 e. The fraction of sp³-hybridized carbons (Fsp3) is 0.550. The van der Waals surface area contributed by atoms with E-state index in [9.17, 15) is 19.5 Å². The third kappa shape index (κ3) is 3.15. The van der Waals surface area contributed by atoms with Crippen LogP contribution in [0.1, 0.15) is 63.2 Å². The molecule has 2 aliphatic heterocycles. The van der Waals surface area contributed by atoms with E-state index in [1.54, 1.807) is 17.0 Å². The van der Waals surface area contributed by atoms with Crippen LogP contribution in [0.3, 0.4) is 0 Å². The second-order valence-corrected chi connectivity index (χ2v) is 7.44. The number of nitrogens with zero attached hydrogens (tertiary/aromatic N) is 2. The molecule has 2 heterocycles. The molecule has 1 saturated carbocycles. The van der Waals surface area contributed by atoms with Crippen molar-refractivity contribution in [3.05, 3.63) is 34.9 Å². The molecule has 0 aromatic heterocycles. The molecule has 144 valence electrons. The van der Waals surface area contributed by atoms with E-state index in [-0.39, 0.29) is 30.4 Å². The molecule has 1 aromatic rings. The van der Waals surface area contributed by atoms with Crippen LogP contribution in [0.2, 0.25) is 0 Å². The van der Waals surface area contributed by atoms with Gasteiger partial charge in [-0.2, -0.15) is 0 Å². The van der Waals surface area contributed by atoms with Crippen molar-refractivity contribution in [1.29, 1.82) is 0 Å². The van der Waals surface area contributed by atoms with E-state index in [0.717, 1.165) is 32.1 Å². The third-order valence-corrected chi connectivity index (χ3v) is 5.80. The molecule has 3 aliphatic rings. The zero-order valence-corrected chi connectivity index (χ0v) is 15.2. The molecule has 0 bridgehead atoms. The second kappa shape index (κ2) is 7.40. The van der Waals surface area contributed by atoms with E-state index in [1.165, 1.54) is 11.0 Å². The van der Waals surface area contributed by atoms with Crippen molar-refractivity contribution < 1.29 is 24.2 Å². The molecule has 1 aromatic carbocycles. The van der Waals surface area contributed by atoms with Gasteiger partial charge in [-0.25, -0.2) is 0 Å². The van der Waals surface area contributed by atoms with Gasteiger partial charge in [0.15, 0.2) is 0 Å². The molecule has 1 aliphatic carbocycles. The SMILES string of the molecule is O=C(c1ccc2c(c1)C(=O)N(C1CCCCC1)C2=O)N1CCOCC1CO. The minimum atomic E-state index is -0.393. The van der Waals surface area contributed by atoms with Gasteiger partial charge in [-0.3, -0.25) is 19.3 Å². The number of ether oxygens (including phenoxy) is 1. The lowest BCUT2D eigenvalue weighted by atomic mass is 9.94. The number of rotatable bonds is 3. The number of hydrogen-bond donors (Lipinski definition) is 1. The van der Waals surface area contributed by atoms with Gasteiger partial charge in [0.05, 0.1) is 37.0 Å². The first-order valence-electron chi connectivity index (χ1n) is 9.63. The molecule has 0 spiro atoms. The van der Waals surface area contributed by atoms with Crippen LogP contribution in [0.25, 0.3) is 0 Å². The Kier molecular flexibility index (Phi) is 4.97. The van der Waals surface area contributed by atoms with E-state index >= 15 is 0 Å². The molecule has 2 fully saturated rings. The minimum absolute atomic E-state index is 0.0386. The predicted molar refractivity (Wildman–Crippen MR) is 96.5 cm³/mol. The molecule has 1 atom stereocenters. The fourth-order valence-electron chi connectivity index (χ4n) is 4.30. The second-order valence-electron chi connectivity index (χ2n) is 7.44. The van der Waals surface area contributed by atoms with Gasteiger partial charge in [-0.1, -0.05) is 19.3 Å². The Morgan fingerprint density at radius 3 is 2.59 bits per heavy atom. The first-order chi connectivity index (χ1) is 13.1. The number of carbonyl (C=O) groups is 3. The first kappa shape index (κ1) is 18.1. The highest BCUT2D eigenvalue weighted by Crippen LogP contribution is 2.31. The maximum absolute atomic E-state index is 12.9. The minimum Gasteiger partial charge on any atom is -0.394 e. The van der Waals surface area contributed by atoms with Crippen LogP contribution in [0.15, 0.2) is 18.2 Å². The number of morpholine rings is 1. The molecule has 27 heavy (non-hydrogen) atoms. The molecule has 7 nitrogen and oxygen atoms in total. The highest BCUT2D eigenvalue weighted by atomic mass is 16.5. The van der Waals surface area contributed by atoms with E-state index < -0.39 is 6.04 Å². The number of benzene rings is 1. The van der Waals surface area contributed by atoms with Crippen LogP contribution in [0.4, 0.5) is 0 Å². The molecule has 1 N–H and O–H groups in total. The lowest BCUT2D eigenvalue weighted by molar-refractivity contribution is -0.0183. The molecule has 3 amide bonds. The summed E-state index contributed by atoms with van der Waals surface area (Å²) < 4.78 is 5.32. The molecule has 1 unspecified atom stereocenters. The van der Waals surface area contributed by atoms with Gasteiger partial charge in [0.1, 0.15) is 0 Å². The predicted octanol–water partition coefficient (Wildman–Crippen LogP) is 1.45. The number of carbonyl (C=O) groups excluding carboxylic acids is 3. The molecular weight excluding hydrogens is 348 g/mol. The Bertz CT molecular complexity index is 772. The molecule has 7 heteroatoms. The van der Waals surface area contributed by atoms with Crippen molar-refractivity contribution in [1.82, 2.24) is 9.80 Å². The number of amides is 3. The lowest BCUT2D eigenvalue weighted by Gasteiger charge is -2.34. The Hall–Kier alpha value is -2.25.